The number of hydrogen-bond acceptors (Lipinski definition) is 2. The normalized spacial score (nSPS) is 11.2. The van der Waals surface area contributed by atoms with Crippen LogP contribution in [0.4, 0.5) is 0 Å². The van der Waals surface area contributed by atoms with Crippen molar-refractivity contribution < 1.29 is 4.79 Å². The maximum absolute atomic E-state index is 12.2. The van der Waals surface area contributed by atoms with Gasteiger partial charge in [-0.15, -0.1) is 0 Å². The molecule has 1 aromatic heterocycles. The van der Waals surface area contributed by atoms with E-state index < -0.39 is 0 Å². The van der Waals surface area contributed by atoms with Gasteiger partial charge in [-0.05, 0) is 31.2 Å². The Bertz CT molecular complexity index is 866. The minimum Gasteiger partial charge on any atom is -0.289 e. The van der Waals surface area contributed by atoms with Crippen LogP contribution in [0.1, 0.15) is 21.5 Å². The van der Waals surface area contributed by atoms with Gasteiger partial charge in [-0.2, -0.15) is 0 Å². The van der Waals surface area contributed by atoms with Gasteiger partial charge in [0.15, 0.2) is 5.78 Å². The molecular weight excluding hydrogens is 294 g/mol. The van der Waals surface area contributed by atoms with Crippen molar-refractivity contribution in [2.24, 2.45) is 0 Å². The van der Waals surface area contributed by atoms with Crippen molar-refractivity contribution in [2.75, 3.05) is 0 Å². The van der Waals surface area contributed by atoms with Gasteiger partial charge in [-0.3, -0.25) is 4.79 Å². The molecule has 0 atom stereocenters. The van der Waals surface area contributed by atoms with Gasteiger partial charge in [0.2, 0.25) is 0 Å². The lowest BCUT2D eigenvalue weighted by Gasteiger charge is -2.02. The predicted octanol–water partition coefficient (Wildman–Crippen LogP) is 5.09. The van der Waals surface area contributed by atoms with Gasteiger partial charge < -0.3 is 0 Å². The van der Waals surface area contributed by atoms with Crippen LogP contribution in [0.5, 0.6) is 0 Å². The van der Waals surface area contributed by atoms with Gasteiger partial charge in [0.25, 0.3) is 0 Å². The number of carbonyl (C=O) groups excluding carboxylic acids is 1. The van der Waals surface area contributed by atoms with E-state index in [2.05, 4.69) is 4.98 Å². The molecule has 2 aromatic carbocycles. The summed E-state index contributed by atoms with van der Waals surface area (Å²) in [5.74, 6) is -0.0516. The second kappa shape index (κ2) is 6.12. The first-order chi connectivity index (χ1) is 10.6. The maximum atomic E-state index is 12.2. The van der Waals surface area contributed by atoms with Gasteiger partial charge in [0.05, 0.1) is 5.52 Å². The Balaban J connectivity index is 1.90. The number of carbonyl (C=O) groups is 1. The fraction of sp³-hybridized carbons (Fsp3) is 0.0526. The predicted molar refractivity (Wildman–Crippen MR) is 91.3 cm³/mol. The number of rotatable bonds is 3. The van der Waals surface area contributed by atoms with Gasteiger partial charge in [0.1, 0.15) is 5.15 Å². The summed E-state index contributed by atoms with van der Waals surface area (Å²) >= 11 is 6.18. The molecule has 0 spiro atoms. The Morgan fingerprint density at radius 3 is 2.59 bits per heavy atom. The topological polar surface area (TPSA) is 30.0 Å². The second-order valence-corrected chi connectivity index (χ2v) is 5.48. The molecule has 0 saturated heterocycles. The highest BCUT2D eigenvalue weighted by molar-refractivity contribution is 6.31. The number of nitrogens with zero attached hydrogens (tertiary/aromatic N) is 1. The smallest absolute Gasteiger partial charge is 0.185 e. The van der Waals surface area contributed by atoms with Crippen LogP contribution in [0.3, 0.4) is 0 Å². The minimum atomic E-state index is -0.0516. The molecule has 0 aliphatic carbocycles. The molecule has 0 fully saturated rings. The zero-order chi connectivity index (χ0) is 15.5. The van der Waals surface area contributed by atoms with Crippen LogP contribution >= 0.6 is 11.6 Å². The van der Waals surface area contributed by atoms with Crippen molar-refractivity contribution in [3.63, 3.8) is 0 Å². The molecule has 0 radical (unpaired) electrons. The standard InChI is InChI=1S/C19H14ClNO/c1-13-6-8-14(9-7-13)18(22)11-10-16-12-15-4-2-3-5-17(15)21-19(16)20/h2-12H,1H3/b11-10+. The molecule has 0 unspecified atom stereocenters. The number of pyridine rings is 1. The Hall–Kier alpha value is -2.45. The fourth-order valence-electron chi connectivity index (χ4n) is 2.21. The zero-order valence-electron chi connectivity index (χ0n) is 12.1. The van der Waals surface area contributed by atoms with Crippen molar-refractivity contribution in [2.45, 2.75) is 6.92 Å². The lowest BCUT2D eigenvalue weighted by Crippen LogP contribution is -1.94. The van der Waals surface area contributed by atoms with E-state index in [4.69, 9.17) is 11.6 Å². The van der Waals surface area contributed by atoms with Crippen LogP contribution in [-0.4, -0.2) is 10.8 Å². The molecular formula is C19H14ClNO. The molecule has 0 aliphatic rings. The number of aromatic nitrogens is 1. The van der Waals surface area contributed by atoms with Crippen molar-refractivity contribution in [3.8, 4) is 0 Å². The second-order valence-electron chi connectivity index (χ2n) is 5.12. The summed E-state index contributed by atoms with van der Waals surface area (Å²) in [6.45, 7) is 1.99. The van der Waals surface area contributed by atoms with Crippen molar-refractivity contribution in [3.05, 3.63) is 82.5 Å². The quantitative estimate of drug-likeness (QED) is 0.383. The summed E-state index contributed by atoms with van der Waals surface area (Å²) in [4.78, 5) is 16.5. The first kappa shape index (κ1) is 14.5. The van der Waals surface area contributed by atoms with Gasteiger partial charge in [0, 0.05) is 16.5 Å². The zero-order valence-corrected chi connectivity index (χ0v) is 12.8. The Labute approximate surface area is 134 Å². The molecule has 3 heteroatoms. The van der Waals surface area contributed by atoms with E-state index in [9.17, 15) is 4.79 Å². The van der Waals surface area contributed by atoms with Crippen molar-refractivity contribution in [1.82, 2.24) is 4.98 Å². The third kappa shape index (κ3) is 3.07. The van der Waals surface area contributed by atoms with E-state index in [-0.39, 0.29) is 5.78 Å². The molecule has 0 aliphatic heterocycles. The van der Waals surface area contributed by atoms with Crippen LogP contribution < -0.4 is 0 Å². The van der Waals surface area contributed by atoms with Crippen LogP contribution in [-0.2, 0) is 0 Å². The molecule has 108 valence electrons. The molecule has 0 bridgehead atoms. The molecule has 0 saturated carbocycles. The Morgan fingerprint density at radius 1 is 1.09 bits per heavy atom. The third-order valence-electron chi connectivity index (χ3n) is 3.45. The largest absolute Gasteiger partial charge is 0.289 e. The molecule has 0 amide bonds. The molecule has 1 heterocycles. The molecule has 22 heavy (non-hydrogen) atoms. The fourth-order valence-corrected chi connectivity index (χ4v) is 2.41. The maximum Gasteiger partial charge on any atom is 0.185 e. The Morgan fingerprint density at radius 2 is 1.82 bits per heavy atom. The van der Waals surface area contributed by atoms with E-state index in [1.165, 1.54) is 6.08 Å². The van der Waals surface area contributed by atoms with Gasteiger partial charge >= 0.3 is 0 Å². The van der Waals surface area contributed by atoms with Crippen LogP contribution in [0, 0.1) is 6.92 Å². The van der Waals surface area contributed by atoms with Gasteiger partial charge in [-0.25, -0.2) is 4.98 Å². The van der Waals surface area contributed by atoms with E-state index in [1.807, 2.05) is 61.5 Å². The minimum absolute atomic E-state index is 0.0516. The number of ketones is 1. The van der Waals surface area contributed by atoms with Crippen LogP contribution in [0.25, 0.3) is 17.0 Å². The number of halogens is 1. The summed E-state index contributed by atoms with van der Waals surface area (Å²) in [6.07, 6.45) is 3.24. The summed E-state index contributed by atoms with van der Waals surface area (Å²) in [5.41, 5.74) is 3.37. The SMILES string of the molecule is Cc1ccc(C(=O)/C=C/c2cc3ccccc3nc2Cl)cc1. The summed E-state index contributed by atoms with van der Waals surface area (Å²) in [5, 5.41) is 1.39. The Kier molecular flexibility index (Phi) is 4.03. The van der Waals surface area contributed by atoms with Crippen LogP contribution in [0.2, 0.25) is 5.15 Å². The number of benzene rings is 2. The first-order valence-electron chi connectivity index (χ1n) is 6.98. The lowest BCUT2D eigenvalue weighted by molar-refractivity contribution is 0.104. The van der Waals surface area contributed by atoms with Crippen LogP contribution in [0.15, 0.2) is 60.7 Å². The van der Waals surface area contributed by atoms with E-state index in [1.54, 1.807) is 6.08 Å². The molecule has 3 rings (SSSR count). The number of allylic oxidation sites excluding steroid dienone is 1. The monoisotopic (exact) mass is 307 g/mol. The van der Waals surface area contributed by atoms with E-state index in [0.717, 1.165) is 22.0 Å². The highest BCUT2D eigenvalue weighted by atomic mass is 35.5. The van der Waals surface area contributed by atoms with Crippen molar-refractivity contribution >= 4 is 34.4 Å². The lowest BCUT2D eigenvalue weighted by atomic mass is 10.1. The number of hydrogen-bond donors (Lipinski definition) is 0. The summed E-state index contributed by atoms with van der Waals surface area (Å²) < 4.78 is 0. The molecule has 0 N–H and O–H groups in total. The number of para-hydroxylation sites is 1. The summed E-state index contributed by atoms with van der Waals surface area (Å²) in [6, 6.07) is 17.2. The van der Waals surface area contributed by atoms with E-state index in [0.29, 0.717) is 10.7 Å². The highest BCUT2D eigenvalue weighted by Crippen LogP contribution is 2.21. The number of aryl methyl sites for hydroxylation is 1. The highest BCUT2D eigenvalue weighted by Gasteiger charge is 2.04. The summed E-state index contributed by atoms with van der Waals surface area (Å²) in [7, 11) is 0. The average molecular weight is 308 g/mol. The first-order valence-corrected chi connectivity index (χ1v) is 7.36. The third-order valence-corrected chi connectivity index (χ3v) is 3.76. The van der Waals surface area contributed by atoms with Gasteiger partial charge in [-0.1, -0.05) is 59.6 Å². The average Bonchev–Trinajstić information content (AvgIpc) is 2.53. The molecule has 3 aromatic rings. The van der Waals surface area contributed by atoms with Crippen molar-refractivity contribution in [1.29, 1.82) is 0 Å². The van der Waals surface area contributed by atoms with E-state index >= 15 is 0 Å². The molecule has 2 nitrogen and oxygen atoms in total. The number of fused-ring (bicyclic) bond motifs is 1.